The van der Waals surface area contributed by atoms with Crippen LogP contribution in [0.5, 0.6) is 5.75 Å². The van der Waals surface area contributed by atoms with E-state index in [1.165, 1.54) is 0 Å². The Kier molecular flexibility index (Phi) is 5.60. The molecule has 0 spiro atoms. The van der Waals surface area contributed by atoms with E-state index in [1.807, 2.05) is 48.3 Å². The third-order valence-electron chi connectivity index (χ3n) is 4.74. The molecule has 1 atom stereocenters. The molecule has 7 heteroatoms. The lowest BCUT2D eigenvalue weighted by molar-refractivity contribution is -0.0505. The van der Waals surface area contributed by atoms with Crippen LogP contribution in [0.1, 0.15) is 16.7 Å². The molecule has 5 nitrogen and oxygen atoms in total. The minimum Gasteiger partial charge on any atom is -0.435 e. The van der Waals surface area contributed by atoms with Gasteiger partial charge >= 0.3 is 6.61 Å². The summed E-state index contributed by atoms with van der Waals surface area (Å²) in [5, 5.41) is 0. The fraction of sp³-hybridized carbons (Fsp3) is 0.350. The molecular weight excluding hydrogens is 352 g/mol. The summed E-state index contributed by atoms with van der Waals surface area (Å²) < 4.78 is 35.3. The quantitative estimate of drug-likeness (QED) is 0.808. The molecule has 0 bridgehead atoms. The first kappa shape index (κ1) is 19.1. The largest absolute Gasteiger partial charge is 0.435 e. The summed E-state index contributed by atoms with van der Waals surface area (Å²) in [6.45, 7) is -1.93. The Bertz CT molecular complexity index is 814. The van der Waals surface area contributed by atoms with Crippen LogP contribution >= 0.6 is 0 Å². The molecule has 2 aromatic carbocycles. The predicted octanol–water partition coefficient (Wildman–Crippen LogP) is 2.98. The van der Waals surface area contributed by atoms with Crippen molar-refractivity contribution < 1.29 is 18.3 Å². The summed E-state index contributed by atoms with van der Waals surface area (Å²) in [4.78, 5) is 6.63. The number of halogens is 2. The van der Waals surface area contributed by atoms with Crippen molar-refractivity contribution >= 4 is 5.96 Å². The third kappa shape index (κ3) is 3.88. The van der Waals surface area contributed by atoms with Crippen molar-refractivity contribution in [1.29, 1.82) is 0 Å². The van der Waals surface area contributed by atoms with Gasteiger partial charge in [-0.25, -0.2) is 4.99 Å². The van der Waals surface area contributed by atoms with Gasteiger partial charge in [0.25, 0.3) is 0 Å². The second-order valence-electron chi connectivity index (χ2n) is 6.50. The Morgan fingerprint density at radius 2 is 1.93 bits per heavy atom. The molecule has 1 aliphatic heterocycles. The number of benzene rings is 2. The average molecular weight is 375 g/mol. The van der Waals surface area contributed by atoms with Crippen LogP contribution in [-0.2, 0) is 16.7 Å². The second-order valence-corrected chi connectivity index (χ2v) is 6.50. The number of guanidine groups is 1. The number of nitrogens with zero attached hydrogens (tertiary/aromatic N) is 2. The summed E-state index contributed by atoms with van der Waals surface area (Å²) in [7, 11) is 3.45. The van der Waals surface area contributed by atoms with Gasteiger partial charge in [0.15, 0.2) is 5.96 Å². The van der Waals surface area contributed by atoms with Crippen LogP contribution < -0.4 is 10.5 Å². The minimum atomic E-state index is -2.88. The maximum atomic E-state index is 12.8. The van der Waals surface area contributed by atoms with E-state index in [1.54, 1.807) is 19.2 Å². The van der Waals surface area contributed by atoms with Crippen LogP contribution in [0.15, 0.2) is 53.5 Å². The molecule has 1 heterocycles. The Morgan fingerprint density at radius 1 is 1.19 bits per heavy atom. The summed E-state index contributed by atoms with van der Waals surface area (Å²) in [6.07, 6.45) is 0.451. The molecule has 0 radical (unpaired) electrons. The third-order valence-corrected chi connectivity index (χ3v) is 4.74. The minimum absolute atomic E-state index is 0.150. The van der Waals surface area contributed by atoms with Gasteiger partial charge < -0.3 is 20.1 Å². The van der Waals surface area contributed by atoms with Crippen LogP contribution in [0.25, 0.3) is 0 Å². The molecule has 2 N–H and O–H groups in total. The van der Waals surface area contributed by atoms with Crippen LogP contribution in [-0.4, -0.2) is 44.8 Å². The number of hydrogen-bond donors (Lipinski definition) is 1. The molecule has 2 aromatic rings. The Labute approximate surface area is 157 Å². The zero-order chi connectivity index (χ0) is 19.4. The normalized spacial score (nSPS) is 19.4. The number of hydrogen-bond acceptors (Lipinski definition) is 5. The van der Waals surface area contributed by atoms with Gasteiger partial charge in [0.2, 0.25) is 0 Å². The number of ether oxygens (including phenoxy) is 2. The van der Waals surface area contributed by atoms with Crippen molar-refractivity contribution in [2.45, 2.75) is 18.6 Å². The van der Waals surface area contributed by atoms with E-state index >= 15 is 0 Å². The number of aliphatic imine (C=N–C) groups is 1. The van der Waals surface area contributed by atoms with Gasteiger partial charge in [-0.1, -0.05) is 36.4 Å². The Hall–Kier alpha value is -2.67. The molecule has 0 amide bonds. The predicted molar refractivity (Wildman–Crippen MR) is 100 cm³/mol. The molecule has 0 aromatic heterocycles. The van der Waals surface area contributed by atoms with Crippen molar-refractivity contribution in [3.8, 4) is 5.75 Å². The Morgan fingerprint density at radius 3 is 2.52 bits per heavy atom. The van der Waals surface area contributed by atoms with E-state index < -0.39 is 12.2 Å². The molecule has 144 valence electrons. The average Bonchev–Trinajstić information content (AvgIpc) is 2.97. The fourth-order valence-electron chi connectivity index (χ4n) is 3.39. The van der Waals surface area contributed by atoms with Gasteiger partial charge in [-0.3, -0.25) is 0 Å². The summed E-state index contributed by atoms with van der Waals surface area (Å²) >= 11 is 0. The van der Waals surface area contributed by atoms with Crippen molar-refractivity contribution in [2.75, 3.05) is 27.3 Å². The summed E-state index contributed by atoms with van der Waals surface area (Å²) in [6, 6.07) is 15.0. The van der Waals surface area contributed by atoms with Gasteiger partial charge in [-0.05, 0) is 35.2 Å². The number of likely N-dealkylation sites (N-methyl/N-ethyl adjacent to an activating group) is 1. The van der Waals surface area contributed by atoms with Gasteiger partial charge in [-0.15, -0.1) is 0 Å². The van der Waals surface area contributed by atoms with E-state index in [4.69, 9.17) is 15.5 Å². The van der Waals surface area contributed by atoms with Crippen molar-refractivity contribution in [1.82, 2.24) is 4.90 Å². The SMILES string of the molecule is COCCc1cc(C2(c3ccccc3)CN(C)C(N)=N2)ccc1OC(F)F. The highest BCUT2D eigenvalue weighted by Gasteiger charge is 2.41. The van der Waals surface area contributed by atoms with Gasteiger partial charge in [0.1, 0.15) is 11.3 Å². The van der Waals surface area contributed by atoms with Gasteiger partial charge in [0, 0.05) is 14.2 Å². The Balaban J connectivity index is 2.10. The standard InChI is InChI=1S/C20H23F2N3O2/c1-25-13-20(24-19(25)23,15-6-4-3-5-7-15)16-8-9-17(27-18(21)22)14(12-16)10-11-26-2/h3-9,12,18H,10-11,13H2,1-2H3,(H2,23,24). The first-order valence-electron chi connectivity index (χ1n) is 8.65. The van der Waals surface area contributed by atoms with E-state index in [0.717, 1.165) is 11.1 Å². The first-order valence-corrected chi connectivity index (χ1v) is 8.65. The van der Waals surface area contributed by atoms with Gasteiger partial charge in [0.05, 0.1) is 13.2 Å². The molecule has 1 aliphatic rings. The fourth-order valence-corrected chi connectivity index (χ4v) is 3.39. The lowest BCUT2D eigenvalue weighted by atomic mass is 9.82. The van der Waals surface area contributed by atoms with Crippen LogP contribution in [0.3, 0.4) is 0 Å². The second kappa shape index (κ2) is 7.92. The highest BCUT2D eigenvalue weighted by molar-refractivity contribution is 5.81. The molecular formula is C20H23F2N3O2. The molecule has 0 saturated heterocycles. The monoisotopic (exact) mass is 375 g/mol. The topological polar surface area (TPSA) is 60.1 Å². The lowest BCUT2D eigenvalue weighted by Gasteiger charge is -2.29. The summed E-state index contributed by atoms with van der Waals surface area (Å²) in [5.41, 5.74) is 7.87. The van der Waals surface area contributed by atoms with E-state index in [2.05, 4.69) is 4.74 Å². The van der Waals surface area contributed by atoms with Crippen LogP contribution in [0.2, 0.25) is 0 Å². The molecule has 0 fully saturated rings. The van der Waals surface area contributed by atoms with Crippen molar-refractivity contribution in [3.05, 3.63) is 65.2 Å². The van der Waals surface area contributed by atoms with E-state index in [-0.39, 0.29) is 5.75 Å². The molecule has 0 saturated carbocycles. The summed E-state index contributed by atoms with van der Waals surface area (Å²) in [5.74, 6) is 0.586. The van der Waals surface area contributed by atoms with E-state index in [0.29, 0.717) is 31.1 Å². The highest BCUT2D eigenvalue weighted by atomic mass is 19.3. The zero-order valence-electron chi connectivity index (χ0n) is 15.4. The smallest absolute Gasteiger partial charge is 0.387 e. The lowest BCUT2D eigenvalue weighted by Crippen LogP contribution is -2.34. The van der Waals surface area contributed by atoms with Crippen LogP contribution in [0.4, 0.5) is 8.78 Å². The van der Waals surface area contributed by atoms with Crippen LogP contribution in [0, 0.1) is 0 Å². The van der Waals surface area contributed by atoms with Crippen molar-refractivity contribution in [3.63, 3.8) is 0 Å². The van der Waals surface area contributed by atoms with Crippen molar-refractivity contribution in [2.24, 2.45) is 10.7 Å². The number of methoxy groups -OCH3 is 1. The number of nitrogens with two attached hydrogens (primary N) is 1. The zero-order valence-corrected chi connectivity index (χ0v) is 15.4. The maximum absolute atomic E-state index is 12.8. The highest BCUT2D eigenvalue weighted by Crippen LogP contribution is 2.39. The molecule has 1 unspecified atom stereocenters. The number of rotatable bonds is 7. The molecule has 27 heavy (non-hydrogen) atoms. The first-order chi connectivity index (χ1) is 13.0. The molecule has 3 rings (SSSR count). The molecule has 0 aliphatic carbocycles. The maximum Gasteiger partial charge on any atom is 0.387 e. The number of alkyl halides is 2. The van der Waals surface area contributed by atoms with E-state index in [9.17, 15) is 8.78 Å². The van der Waals surface area contributed by atoms with Gasteiger partial charge in [-0.2, -0.15) is 8.78 Å².